The maximum Gasteiger partial charge on any atom is 0.309 e. The first kappa shape index (κ1) is 42.1. The summed E-state index contributed by atoms with van der Waals surface area (Å²) in [5.41, 5.74) is 1.36. The Balaban J connectivity index is 2.05. The molecule has 0 unspecified atom stereocenters. The Bertz CT molecular complexity index is 1310. The van der Waals surface area contributed by atoms with Crippen molar-refractivity contribution in [2.24, 2.45) is 11.8 Å². The van der Waals surface area contributed by atoms with Crippen LogP contribution in [-0.4, -0.2) is 82.9 Å². The fourth-order valence-corrected chi connectivity index (χ4v) is 7.75. The van der Waals surface area contributed by atoms with Crippen molar-refractivity contribution in [3.8, 4) is 0 Å². The quantitative estimate of drug-likeness (QED) is 0.107. The second-order valence-corrected chi connectivity index (χ2v) is 20.5. The number of carbonyl (C=O) groups is 2. The molecular formula is C38H63NO10Si. The van der Waals surface area contributed by atoms with Gasteiger partial charge in [0.1, 0.15) is 18.1 Å². The maximum absolute atomic E-state index is 13.8. The fraction of sp³-hybridized carbons (Fsp3) is 0.763. The molecule has 3 heterocycles. The van der Waals surface area contributed by atoms with Crippen molar-refractivity contribution in [2.45, 2.75) is 154 Å². The van der Waals surface area contributed by atoms with Crippen LogP contribution in [-0.2, 0) is 42.4 Å². The lowest BCUT2D eigenvalue weighted by Gasteiger charge is -2.45. The number of carbonyl (C=O) groups excluding carboxylic acids is 2. The fourth-order valence-electron chi connectivity index (χ4n) is 6.31. The first-order valence-electron chi connectivity index (χ1n) is 18.0. The Morgan fingerprint density at radius 1 is 1.08 bits per heavy atom. The van der Waals surface area contributed by atoms with Gasteiger partial charge in [0.05, 0.1) is 30.3 Å². The van der Waals surface area contributed by atoms with Crippen LogP contribution in [0.2, 0.25) is 18.1 Å². The molecule has 11 nitrogen and oxygen atoms in total. The van der Waals surface area contributed by atoms with Gasteiger partial charge in [0.2, 0.25) is 5.89 Å². The van der Waals surface area contributed by atoms with E-state index in [9.17, 15) is 9.59 Å². The highest BCUT2D eigenvalue weighted by Gasteiger charge is 2.45. The van der Waals surface area contributed by atoms with Crippen molar-refractivity contribution < 1.29 is 46.9 Å². The third-order valence-electron chi connectivity index (χ3n) is 10.7. The Labute approximate surface area is 300 Å². The molecule has 0 saturated carbocycles. The van der Waals surface area contributed by atoms with Gasteiger partial charge in [-0.25, -0.2) is 4.98 Å². The molecule has 12 heteroatoms. The summed E-state index contributed by atoms with van der Waals surface area (Å²) in [5.74, 6) is -1.72. The van der Waals surface area contributed by atoms with Crippen LogP contribution in [0.4, 0.5) is 0 Å². The van der Waals surface area contributed by atoms with Crippen molar-refractivity contribution in [3.05, 3.63) is 35.6 Å². The van der Waals surface area contributed by atoms with Gasteiger partial charge in [0.25, 0.3) is 0 Å². The number of hydrogen-bond donors (Lipinski definition) is 0. The molecule has 1 fully saturated rings. The number of oxazole rings is 1. The summed E-state index contributed by atoms with van der Waals surface area (Å²) in [6.45, 7) is 20.4. The second-order valence-electron chi connectivity index (χ2n) is 15.7. The number of aromatic nitrogens is 1. The van der Waals surface area contributed by atoms with Crippen LogP contribution in [0, 0.1) is 11.8 Å². The molecule has 50 heavy (non-hydrogen) atoms. The van der Waals surface area contributed by atoms with Crippen LogP contribution in [0.1, 0.15) is 112 Å². The molecule has 0 aliphatic carbocycles. The van der Waals surface area contributed by atoms with Gasteiger partial charge in [-0.05, 0) is 56.3 Å². The van der Waals surface area contributed by atoms with E-state index in [-0.39, 0.29) is 47.8 Å². The van der Waals surface area contributed by atoms with Crippen LogP contribution >= 0.6 is 0 Å². The summed E-state index contributed by atoms with van der Waals surface area (Å²) < 4.78 is 48.9. The zero-order valence-corrected chi connectivity index (χ0v) is 33.7. The summed E-state index contributed by atoms with van der Waals surface area (Å²) in [6.07, 6.45) is 7.72. The van der Waals surface area contributed by atoms with E-state index >= 15 is 0 Å². The van der Waals surface area contributed by atoms with Crippen molar-refractivity contribution >= 4 is 26.3 Å². The van der Waals surface area contributed by atoms with E-state index in [1.54, 1.807) is 27.4 Å². The van der Waals surface area contributed by atoms with E-state index < -0.39 is 38.2 Å². The Morgan fingerprint density at radius 2 is 1.76 bits per heavy atom. The van der Waals surface area contributed by atoms with Crippen LogP contribution < -0.4 is 0 Å². The summed E-state index contributed by atoms with van der Waals surface area (Å²) in [5, 5.41) is -0.00842. The Hall–Kier alpha value is -2.35. The number of hydrogen-bond acceptors (Lipinski definition) is 11. The van der Waals surface area contributed by atoms with Crippen LogP contribution in [0.5, 0.6) is 0 Å². The molecule has 284 valence electrons. The number of methoxy groups -OCH3 is 3. The third-order valence-corrected chi connectivity index (χ3v) is 15.2. The lowest BCUT2D eigenvalue weighted by Crippen LogP contribution is -2.50. The zero-order chi connectivity index (χ0) is 37.4. The molecule has 2 bridgehead atoms. The Morgan fingerprint density at radius 3 is 2.36 bits per heavy atom. The normalized spacial score (nSPS) is 30.3. The van der Waals surface area contributed by atoms with Gasteiger partial charge in [0.15, 0.2) is 20.2 Å². The second kappa shape index (κ2) is 17.9. The van der Waals surface area contributed by atoms with E-state index in [2.05, 4.69) is 45.8 Å². The standard InChI is InChI=1S/C38H63NO10Si/c1-24(27(4)42-9)18-35-39-32(23-45-35)34-19-29(46-28(5)40)15-14-16-30-21-38(43-10,44-11)22-31(47-30)20-33(49-50(12,13)37(6,7)8)25(2)17-26(3)36(41)48-34/h14,16,18,23,25-27,29-31,33-34H,15,17,19-22H2,1-13H3/b16-14+,24-18+/t25-,26-,27+,29-,30-,31+,33-,34-/m0/s1. The van der Waals surface area contributed by atoms with Gasteiger partial charge in [-0.1, -0.05) is 46.8 Å². The minimum atomic E-state index is -2.21. The molecule has 2 aliphatic rings. The van der Waals surface area contributed by atoms with Crippen molar-refractivity contribution in [1.82, 2.24) is 4.98 Å². The van der Waals surface area contributed by atoms with Gasteiger partial charge in [0, 0.05) is 60.0 Å². The van der Waals surface area contributed by atoms with Crippen LogP contribution in [0.25, 0.3) is 6.08 Å². The van der Waals surface area contributed by atoms with Crippen LogP contribution in [0.3, 0.4) is 0 Å². The van der Waals surface area contributed by atoms with Crippen molar-refractivity contribution in [1.29, 1.82) is 0 Å². The van der Waals surface area contributed by atoms with E-state index in [1.807, 2.05) is 32.9 Å². The molecule has 8 atom stereocenters. The van der Waals surface area contributed by atoms with Gasteiger partial charge in [-0.3, -0.25) is 9.59 Å². The van der Waals surface area contributed by atoms with E-state index in [1.165, 1.54) is 13.2 Å². The molecule has 2 aliphatic heterocycles. The van der Waals surface area contributed by atoms with E-state index in [0.717, 1.165) is 5.57 Å². The van der Waals surface area contributed by atoms with E-state index in [0.29, 0.717) is 43.7 Å². The lowest BCUT2D eigenvalue weighted by atomic mass is 9.87. The highest BCUT2D eigenvalue weighted by atomic mass is 28.4. The number of cyclic esters (lactones) is 1. The monoisotopic (exact) mass is 721 g/mol. The predicted octanol–water partition coefficient (Wildman–Crippen LogP) is 7.96. The number of nitrogens with zero attached hydrogens (tertiary/aromatic N) is 1. The van der Waals surface area contributed by atoms with Gasteiger partial charge in [-0.15, -0.1) is 0 Å². The predicted molar refractivity (Wildman–Crippen MR) is 194 cm³/mol. The molecular weight excluding hydrogens is 659 g/mol. The lowest BCUT2D eigenvalue weighted by molar-refractivity contribution is -0.269. The largest absolute Gasteiger partial charge is 0.462 e. The minimum Gasteiger partial charge on any atom is -0.462 e. The molecule has 0 aromatic carbocycles. The van der Waals surface area contributed by atoms with Gasteiger partial charge < -0.3 is 37.3 Å². The molecule has 1 saturated heterocycles. The SMILES string of the molecule is CO[C@H](C)/C(C)=C/c1nc([C@@H]2C[C@@H](OC(C)=O)C/C=C/[C@H]3CC(OC)(OC)C[C@@H](C[C@H](O[Si](C)(C)C(C)(C)C)[C@@H](C)C[C@H](C)C(=O)O2)O3)co1. The molecule has 0 radical (unpaired) electrons. The average molecular weight is 722 g/mol. The molecule has 0 amide bonds. The zero-order valence-electron chi connectivity index (χ0n) is 32.7. The van der Waals surface area contributed by atoms with Gasteiger partial charge in [-0.2, -0.15) is 0 Å². The highest BCUT2D eigenvalue weighted by molar-refractivity contribution is 6.74. The van der Waals surface area contributed by atoms with Gasteiger partial charge >= 0.3 is 11.9 Å². The molecule has 3 rings (SSSR count). The molecule has 1 aromatic heterocycles. The maximum atomic E-state index is 13.8. The topological polar surface area (TPSA) is 125 Å². The van der Waals surface area contributed by atoms with Crippen LogP contribution in [0.15, 0.2) is 28.4 Å². The number of esters is 2. The summed E-state index contributed by atoms with van der Waals surface area (Å²) >= 11 is 0. The number of rotatable bonds is 9. The number of ether oxygens (including phenoxy) is 6. The Kier molecular flexibility index (Phi) is 15.1. The first-order chi connectivity index (χ1) is 23.3. The minimum absolute atomic E-state index is 0.000346. The summed E-state index contributed by atoms with van der Waals surface area (Å²) in [4.78, 5) is 30.7. The van der Waals surface area contributed by atoms with Crippen molar-refractivity contribution in [2.75, 3.05) is 21.3 Å². The summed E-state index contributed by atoms with van der Waals surface area (Å²) in [7, 11) is 2.76. The molecule has 0 N–H and O–H groups in total. The molecule has 1 aromatic rings. The average Bonchev–Trinajstić information content (AvgIpc) is 3.50. The van der Waals surface area contributed by atoms with Crippen molar-refractivity contribution in [3.63, 3.8) is 0 Å². The first-order valence-corrected chi connectivity index (χ1v) is 20.9. The smallest absolute Gasteiger partial charge is 0.309 e. The highest BCUT2D eigenvalue weighted by Crippen LogP contribution is 2.42. The number of fused-ring (bicyclic) bond motifs is 2. The third kappa shape index (κ3) is 11.6. The van der Waals surface area contributed by atoms with E-state index in [4.69, 9.17) is 37.3 Å². The molecule has 0 spiro atoms. The summed E-state index contributed by atoms with van der Waals surface area (Å²) in [6, 6.07) is 0.